The molecule has 0 rings (SSSR count). The van der Waals surface area contributed by atoms with Gasteiger partial charge in [0.2, 0.25) is 0 Å². The summed E-state index contributed by atoms with van der Waals surface area (Å²) in [5.41, 5.74) is 0. The molecule has 0 fully saturated rings. The van der Waals surface area contributed by atoms with Crippen LogP contribution in [0.25, 0.3) is 0 Å². The highest BCUT2D eigenvalue weighted by Crippen LogP contribution is 1.80. The third-order valence-corrected chi connectivity index (χ3v) is 0.458. The van der Waals surface area contributed by atoms with Crippen molar-refractivity contribution in [1.82, 2.24) is 0 Å². The molecule has 3 heteroatoms. The van der Waals surface area contributed by atoms with E-state index in [4.69, 9.17) is 10.4 Å². The molecule has 1 N–H and O–H groups in total. The number of rotatable bonds is 2. The number of aldehydes is 1. The van der Waals surface area contributed by atoms with Gasteiger partial charge in [-0.2, -0.15) is 5.26 Å². The van der Waals surface area contributed by atoms with Gasteiger partial charge in [0, 0.05) is 0 Å². The fourth-order valence-corrected chi connectivity index (χ4v) is 0.142. The third-order valence-electron chi connectivity index (χ3n) is 0.458. The van der Waals surface area contributed by atoms with Crippen LogP contribution in [0.5, 0.6) is 0 Å². The number of hydrogen-bond donors (Lipinski definition) is 1. The second-order valence-corrected chi connectivity index (χ2v) is 1.07. The van der Waals surface area contributed by atoms with Gasteiger partial charge in [0.05, 0.1) is 12.5 Å². The Hall–Kier alpha value is -0.880. The van der Waals surface area contributed by atoms with Crippen LogP contribution >= 0.6 is 0 Å². The van der Waals surface area contributed by atoms with Gasteiger partial charge < -0.3 is 9.90 Å². The number of carbonyl (C=O) groups excluding carboxylic acids is 1. The first-order valence-electron chi connectivity index (χ1n) is 1.81. The predicted molar refractivity (Wildman–Crippen MR) is 22.3 cm³/mol. The number of nitriles is 1. The van der Waals surface area contributed by atoms with Crippen molar-refractivity contribution in [3.8, 4) is 6.07 Å². The summed E-state index contributed by atoms with van der Waals surface area (Å²) in [7, 11) is 0. The lowest BCUT2D eigenvalue weighted by Crippen LogP contribution is -2.04. The van der Waals surface area contributed by atoms with E-state index in [9.17, 15) is 4.79 Å². The summed E-state index contributed by atoms with van der Waals surface area (Å²) in [4.78, 5) is 9.49. The minimum atomic E-state index is -1.09. The van der Waals surface area contributed by atoms with E-state index in [1.165, 1.54) is 0 Å². The SMILES string of the molecule is N#CCC(O)C=O. The maximum atomic E-state index is 9.49. The molecule has 0 aromatic rings. The molecule has 0 aliphatic carbocycles. The molecule has 0 saturated heterocycles. The summed E-state index contributed by atoms with van der Waals surface area (Å²) in [6.45, 7) is 0. The van der Waals surface area contributed by atoms with Gasteiger partial charge in [-0.1, -0.05) is 0 Å². The van der Waals surface area contributed by atoms with Crippen LogP contribution in [0.4, 0.5) is 0 Å². The molecule has 0 spiro atoms. The lowest BCUT2D eigenvalue weighted by atomic mass is 10.3. The van der Waals surface area contributed by atoms with E-state index < -0.39 is 6.10 Å². The molecule has 0 aromatic carbocycles. The summed E-state index contributed by atoms with van der Waals surface area (Å²) in [6.07, 6.45) is -0.864. The second kappa shape index (κ2) is 3.32. The zero-order valence-electron chi connectivity index (χ0n) is 3.66. The number of carbonyl (C=O) groups is 1. The predicted octanol–water partition coefficient (Wildman–Crippen LogP) is -0.540. The zero-order valence-corrected chi connectivity index (χ0v) is 3.66. The highest BCUT2D eigenvalue weighted by atomic mass is 16.3. The van der Waals surface area contributed by atoms with Crippen molar-refractivity contribution in [2.75, 3.05) is 0 Å². The van der Waals surface area contributed by atoms with Gasteiger partial charge in [-0.05, 0) is 0 Å². The third kappa shape index (κ3) is 2.94. The fraction of sp³-hybridized carbons (Fsp3) is 0.500. The molecule has 0 bridgehead atoms. The van der Waals surface area contributed by atoms with E-state index in [1.807, 2.05) is 0 Å². The average Bonchev–Trinajstić information content (AvgIpc) is 1.68. The average molecular weight is 99.1 g/mol. The van der Waals surface area contributed by atoms with Gasteiger partial charge in [-0.25, -0.2) is 0 Å². The number of hydrogen-bond acceptors (Lipinski definition) is 3. The smallest absolute Gasteiger partial charge is 0.149 e. The quantitative estimate of drug-likeness (QED) is 0.473. The Kier molecular flexibility index (Phi) is 2.90. The van der Waals surface area contributed by atoms with Crippen LogP contribution in [0.2, 0.25) is 0 Å². The summed E-state index contributed by atoms with van der Waals surface area (Å²) >= 11 is 0. The van der Waals surface area contributed by atoms with Crippen molar-refractivity contribution >= 4 is 6.29 Å². The van der Waals surface area contributed by atoms with E-state index >= 15 is 0 Å². The first-order valence-corrected chi connectivity index (χ1v) is 1.81. The van der Waals surface area contributed by atoms with Crippen LogP contribution < -0.4 is 0 Å². The van der Waals surface area contributed by atoms with E-state index in [-0.39, 0.29) is 6.42 Å². The molecule has 0 amide bonds. The Labute approximate surface area is 41.2 Å². The number of nitrogens with zero attached hydrogens (tertiary/aromatic N) is 1. The molecule has 0 saturated carbocycles. The van der Waals surface area contributed by atoms with E-state index in [2.05, 4.69) is 0 Å². The van der Waals surface area contributed by atoms with Crippen molar-refractivity contribution in [3.05, 3.63) is 0 Å². The summed E-state index contributed by atoms with van der Waals surface area (Å²) in [5.74, 6) is 0. The lowest BCUT2D eigenvalue weighted by Gasteiger charge is -1.87. The van der Waals surface area contributed by atoms with Crippen molar-refractivity contribution in [1.29, 1.82) is 5.26 Å². The van der Waals surface area contributed by atoms with Gasteiger partial charge in [0.15, 0.2) is 0 Å². The molecule has 0 radical (unpaired) electrons. The van der Waals surface area contributed by atoms with Crippen LogP contribution in [-0.2, 0) is 4.79 Å². The van der Waals surface area contributed by atoms with Gasteiger partial charge in [-0.15, -0.1) is 0 Å². The Morgan fingerprint density at radius 1 is 2.00 bits per heavy atom. The van der Waals surface area contributed by atoms with Crippen molar-refractivity contribution in [3.63, 3.8) is 0 Å². The number of aliphatic hydroxyl groups excluding tert-OH is 1. The lowest BCUT2D eigenvalue weighted by molar-refractivity contribution is -0.114. The van der Waals surface area contributed by atoms with Crippen LogP contribution in [0, 0.1) is 11.3 Å². The Bertz CT molecular complexity index is 94.4. The molecule has 1 unspecified atom stereocenters. The van der Waals surface area contributed by atoms with E-state index in [1.54, 1.807) is 6.07 Å². The van der Waals surface area contributed by atoms with E-state index in [0.717, 1.165) is 0 Å². The molecule has 0 heterocycles. The molecule has 38 valence electrons. The van der Waals surface area contributed by atoms with Gasteiger partial charge >= 0.3 is 0 Å². The molecule has 0 aliphatic rings. The van der Waals surface area contributed by atoms with E-state index in [0.29, 0.717) is 6.29 Å². The molecule has 0 aliphatic heterocycles. The molecule has 1 atom stereocenters. The summed E-state index contributed by atoms with van der Waals surface area (Å²) < 4.78 is 0. The summed E-state index contributed by atoms with van der Waals surface area (Å²) in [6, 6.07) is 1.64. The Morgan fingerprint density at radius 2 is 2.57 bits per heavy atom. The molecule has 7 heavy (non-hydrogen) atoms. The highest BCUT2D eigenvalue weighted by molar-refractivity contribution is 5.55. The molecular weight excluding hydrogens is 94.0 g/mol. The van der Waals surface area contributed by atoms with Crippen LogP contribution in [-0.4, -0.2) is 17.5 Å². The standard InChI is InChI=1S/C4H5NO2/c5-2-1-4(7)3-6/h3-4,7H,1H2. The normalized spacial score (nSPS) is 12.0. The van der Waals surface area contributed by atoms with Crippen molar-refractivity contribution < 1.29 is 9.90 Å². The first-order chi connectivity index (χ1) is 3.31. The summed E-state index contributed by atoms with van der Waals surface area (Å²) in [5, 5.41) is 16.1. The van der Waals surface area contributed by atoms with Gasteiger partial charge in [0.25, 0.3) is 0 Å². The number of aliphatic hydroxyl groups is 1. The van der Waals surface area contributed by atoms with Crippen molar-refractivity contribution in [2.24, 2.45) is 0 Å². The Morgan fingerprint density at radius 3 is 2.71 bits per heavy atom. The van der Waals surface area contributed by atoms with Crippen molar-refractivity contribution in [2.45, 2.75) is 12.5 Å². The van der Waals surface area contributed by atoms with Gasteiger partial charge in [-0.3, -0.25) is 0 Å². The Balaban J connectivity index is 3.21. The largest absolute Gasteiger partial charge is 0.385 e. The maximum Gasteiger partial charge on any atom is 0.149 e. The fourth-order valence-electron chi connectivity index (χ4n) is 0.142. The first kappa shape index (κ1) is 6.12. The monoisotopic (exact) mass is 99.0 g/mol. The topological polar surface area (TPSA) is 61.1 Å². The molecular formula is C4H5NO2. The minimum absolute atomic E-state index is 0.108. The molecule has 3 nitrogen and oxygen atoms in total. The van der Waals surface area contributed by atoms with Gasteiger partial charge in [0.1, 0.15) is 12.4 Å². The highest BCUT2D eigenvalue weighted by Gasteiger charge is 1.95. The minimum Gasteiger partial charge on any atom is -0.385 e. The van der Waals surface area contributed by atoms with Crippen LogP contribution in [0.1, 0.15) is 6.42 Å². The second-order valence-electron chi connectivity index (χ2n) is 1.07. The zero-order chi connectivity index (χ0) is 5.70. The molecule has 0 aromatic heterocycles. The maximum absolute atomic E-state index is 9.49. The van der Waals surface area contributed by atoms with Crippen LogP contribution in [0.15, 0.2) is 0 Å². The van der Waals surface area contributed by atoms with Crippen LogP contribution in [0.3, 0.4) is 0 Å².